The zero-order chi connectivity index (χ0) is 24.6. The van der Waals surface area contributed by atoms with Crippen molar-refractivity contribution < 1.29 is 8.42 Å². The topological polar surface area (TPSA) is 118 Å². The summed E-state index contributed by atoms with van der Waals surface area (Å²) in [4.78, 5) is 24.4. The lowest BCUT2D eigenvalue weighted by atomic mass is 10.1. The van der Waals surface area contributed by atoms with Crippen LogP contribution in [0.15, 0.2) is 54.3 Å². The Bertz CT molecular complexity index is 1530. The van der Waals surface area contributed by atoms with Gasteiger partial charge in [0.1, 0.15) is 12.0 Å². The summed E-state index contributed by atoms with van der Waals surface area (Å²) in [5, 5.41) is 3.35. The van der Waals surface area contributed by atoms with Gasteiger partial charge in [-0.05, 0) is 43.0 Å². The molecule has 4 aromatic rings. The van der Waals surface area contributed by atoms with Gasteiger partial charge in [-0.15, -0.1) is 0 Å². The van der Waals surface area contributed by atoms with E-state index in [1.54, 1.807) is 25.5 Å². The van der Waals surface area contributed by atoms with Gasteiger partial charge in [0.2, 0.25) is 5.95 Å². The van der Waals surface area contributed by atoms with Crippen molar-refractivity contribution in [2.24, 2.45) is 0 Å². The van der Waals surface area contributed by atoms with E-state index < -0.39 is 9.84 Å². The van der Waals surface area contributed by atoms with E-state index in [0.29, 0.717) is 17.1 Å². The van der Waals surface area contributed by atoms with E-state index in [2.05, 4.69) is 48.1 Å². The molecule has 4 aromatic heterocycles. The molecule has 0 unspecified atom stereocenters. The molecule has 0 aromatic carbocycles. The molecule has 0 radical (unpaired) electrons. The summed E-state index contributed by atoms with van der Waals surface area (Å²) in [5.41, 5.74) is 6.00. The highest BCUT2D eigenvalue weighted by Crippen LogP contribution is 2.28. The zero-order valence-corrected chi connectivity index (χ0v) is 20.6. The summed E-state index contributed by atoms with van der Waals surface area (Å²) >= 11 is 0. The number of nitrogens with one attached hydrogen (secondary N) is 1. The number of aryl methyl sites for hydroxylation is 2. The molecule has 1 N–H and O–H groups in total. The average Bonchev–Trinajstić information content (AvgIpc) is 3.30. The average molecular weight is 491 g/mol. The molecule has 0 bridgehead atoms. The van der Waals surface area contributed by atoms with Crippen molar-refractivity contribution in [3.63, 3.8) is 0 Å². The van der Waals surface area contributed by atoms with Crippen molar-refractivity contribution >= 4 is 38.4 Å². The Hall–Kier alpha value is -3.86. The maximum absolute atomic E-state index is 11.8. The molecule has 5 rings (SSSR count). The van der Waals surface area contributed by atoms with Gasteiger partial charge in [0.25, 0.3) is 0 Å². The molecule has 0 saturated heterocycles. The number of pyridine rings is 1. The maximum Gasteiger partial charge on any atom is 0.225 e. The predicted molar refractivity (Wildman–Crippen MR) is 135 cm³/mol. The minimum Gasteiger partial charge on any atom is -0.350 e. The van der Waals surface area contributed by atoms with Gasteiger partial charge < -0.3 is 10.2 Å². The molecule has 0 atom stereocenters. The second-order valence-corrected chi connectivity index (χ2v) is 10.5. The number of sulfone groups is 1. The van der Waals surface area contributed by atoms with Crippen LogP contribution >= 0.6 is 0 Å². The molecule has 11 heteroatoms. The van der Waals surface area contributed by atoms with Gasteiger partial charge in [-0.2, -0.15) is 0 Å². The third-order valence-corrected chi connectivity index (χ3v) is 7.04. The number of aromatic nitrogens is 6. The number of fused-ring (bicyclic) bond motifs is 1. The van der Waals surface area contributed by atoms with E-state index in [0.717, 1.165) is 55.0 Å². The van der Waals surface area contributed by atoms with Gasteiger partial charge >= 0.3 is 0 Å². The smallest absolute Gasteiger partial charge is 0.225 e. The molecule has 0 spiro atoms. The standard InChI is InChI=1S/C24H26N8O2S/c1-4-17-11-27-24(28-12-17)31-9-7-18(8-10-31)21-14-26-23-20(13-25-15-32(21)23)30-19-5-6-22(29-16(19)2)35(3,33)34/h5-7,11-15,30H,4,8-10H2,1-3H3. The first-order chi connectivity index (χ1) is 16.8. The fourth-order valence-electron chi connectivity index (χ4n) is 4.03. The number of hydrogen-bond donors (Lipinski definition) is 1. The largest absolute Gasteiger partial charge is 0.350 e. The second-order valence-electron chi connectivity index (χ2n) is 8.49. The molecule has 180 valence electrons. The summed E-state index contributed by atoms with van der Waals surface area (Å²) in [6, 6.07) is 3.20. The monoisotopic (exact) mass is 490 g/mol. The fourth-order valence-corrected chi connectivity index (χ4v) is 4.65. The Morgan fingerprint density at radius 1 is 1.06 bits per heavy atom. The molecule has 1 aliphatic rings. The van der Waals surface area contributed by atoms with Crippen molar-refractivity contribution in [2.45, 2.75) is 31.7 Å². The van der Waals surface area contributed by atoms with E-state index in [-0.39, 0.29) is 5.03 Å². The summed E-state index contributed by atoms with van der Waals surface area (Å²) in [6.07, 6.45) is 14.2. The van der Waals surface area contributed by atoms with Gasteiger partial charge in [0.15, 0.2) is 20.5 Å². The van der Waals surface area contributed by atoms with Gasteiger partial charge in [-0.25, -0.2) is 33.3 Å². The Morgan fingerprint density at radius 3 is 2.51 bits per heavy atom. The van der Waals surface area contributed by atoms with Crippen molar-refractivity contribution in [3.8, 4) is 0 Å². The van der Waals surface area contributed by atoms with Crippen LogP contribution in [0.25, 0.3) is 11.2 Å². The Balaban J connectivity index is 1.39. The second kappa shape index (κ2) is 9.06. The summed E-state index contributed by atoms with van der Waals surface area (Å²) in [6.45, 7) is 5.39. The summed E-state index contributed by atoms with van der Waals surface area (Å²) in [5.74, 6) is 0.745. The van der Waals surface area contributed by atoms with Crippen molar-refractivity contribution in [3.05, 3.63) is 66.3 Å². The quantitative estimate of drug-likeness (QED) is 0.434. The molecule has 5 heterocycles. The highest BCUT2D eigenvalue weighted by Gasteiger charge is 2.19. The maximum atomic E-state index is 11.8. The van der Waals surface area contributed by atoms with Crippen LogP contribution in [0.1, 0.15) is 30.3 Å². The van der Waals surface area contributed by atoms with Gasteiger partial charge in [-0.1, -0.05) is 13.0 Å². The van der Waals surface area contributed by atoms with E-state index in [1.165, 1.54) is 11.6 Å². The third-order valence-electron chi connectivity index (χ3n) is 6.05. The number of hydrogen-bond acceptors (Lipinski definition) is 9. The molecular weight excluding hydrogens is 464 g/mol. The predicted octanol–water partition coefficient (Wildman–Crippen LogP) is 3.23. The molecule has 0 aliphatic carbocycles. The molecule has 10 nitrogen and oxygen atoms in total. The highest BCUT2D eigenvalue weighted by molar-refractivity contribution is 7.90. The zero-order valence-electron chi connectivity index (χ0n) is 19.8. The van der Waals surface area contributed by atoms with Crippen LogP contribution in [0.2, 0.25) is 0 Å². The lowest BCUT2D eigenvalue weighted by Crippen LogP contribution is -2.30. The van der Waals surface area contributed by atoms with Crippen LogP contribution in [-0.2, 0) is 16.3 Å². The third kappa shape index (κ3) is 4.59. The number of imidazole rings is 1. The Kier molecular flexibility index (Phi) is 5.93. The van der Waals surface area contributed by atoms with Gasteiger partial charge in [-0.3, -0.25) is 4.40 Å². The summed E-state index contributed by atoms with van der Waals surface area (Å²) in [7, 11) is -3.37. The minimum atomic E-state index is -3.37. The molecule has 0 saturated carbocycles. The van der Waals surface area contributed by atoms with E-state index in [4.69, 9.17) is 0 Å². The van der Waals surface area contributed by atoms with Crippen LogP contribution in [0, 0.1) is 6.92 Å². The molecule has 35 heavy (non-hydrogen) atoms. The molecule has 0 fully saturated rings. The van der Waals surface area contributed by atoms with Crippen molar-refractivity contribution in [1.82, 2.24) is 29.3 Å². The SMILES string of the molecule is CCc1cnc(N2CC=C(c3cnc4c(Nc5ccc(S(C)(=O)=O)nc5C)cncn34)CC2)nc1. The first kappa shape index (κ1) is 22.9. The van der Waals surface area contributed by atoms with E-state index in [9.17, 15) is 8.42 Å². The van der Waals surface area contributed by atoms with Gasteiger partial charge in [0, 0.05) is 31.7 Å². The first-order valence-corrected chi connectivity index (χ1v) is 13.2. The normalized spacial score (nSPS) is 14.3. The number of nitrogens with zero attached hydrogens (tertiary/aromatic N) is 7. The van der Waals surface area contributed by atoms with Crippen molar-refractivity contribution in [1.29, 1.82) is 0 Å². The number of rotatable bonds is 6. The van der Waals surface area contributed by atoms with Crippen LogP contribution in [0.5, 0.6) is 0 Å². The lowest BCUT2D eigenvalue weighted by Gasteiger charge is -2.26. The number of anilines is 3. The van der Waals surface area contributed by atoms with Gasteiger partial charge in [0.05, 0.1) is 29.5 Å². The molecular formula is C24H26N8O2S. The fraction of sp³-hybridized carbons (Fsp3) is 0.292. The Labute approximate surface area is 203 Å². The highest BCUT2D eigenvalue weighted by atomic mass is 32.2. The first-order valence-electron chi connectivity index (χ1n) is 11.3. The van der Waals surface area contributed by atoms with E-state index >= 15 is 0 Å². The molecule has 1 aliphatic heterocycles. The van der Waals surface area contributed by atoms with Crippen LogP contribution < -0.4 is 10.2 Å². The van der Waals surface area contributed by atoms with Crippen LogP contribution in [0.3, 0.4) is 0 Å². The Morgan fingerprint density at radius 2 is 1.86 bits per heavy atom. The van der Waals surface area contributed by atoms with Crippen LogP contribution in [0.4, 0.5) is 17.3 Å². The lowest BCUT2D eigenvalue weighted by molar-refractivity contribution is 0.598. The van der Waals surface area contributed by atoms with Crippen LogP contribution in [-0.4, -0.2) is 57.1 Å². The van der Waals surface area contributed by atoms with E-state index in [1.807, 2.05) is 23.0 Å². The summed E-state index contributed by atoms with van der Waals surface area (Å²) < 4.78 is 25.5. The van der Waals surface area contributed by atoms with Crippen molar-refractivity contribution in [2.75, 3.05) is 29.6 Å². The minimum absolute atomic E-state index is 0.0463. The molecule has 0 amide bonds.